The molecule has 39 heavy (non-hydrogen) atoms. The first-order valence-electron chi connectivity index (χ1n) is 11.6. The fourth-order valence-electron chi connectivity index (χ4n) is 5.74. The summed E-state index contributed by atoms with van der Waals surface area (Å²) >= 11 is 0. The van der Waals surface area contributed by atoms with Crippen molar-refractivity contribution in [3.63, 3.8) is 0 Å². The van der Waals surface area contributed by atoms with Crippen molar-refractivity contribution in [2.45, 2.75) is 55.0 Å². The van der Waals surface area contributed by atoms with E-state index in [2.05, 4.69) is 15.5 Å². The molecule has 6 rings (SSSR count). The molecule has 3 aliphatic rings. The molecule has 2 atom stereocenters. The Kier molecular flexibility index (Phi) is 6.18. The third-order valence-corrected chi connectivity index (χ3v) is 7.69. The van der Waals surface area contributed by atoms with Crippen molar-refractivity contribution in [2.24, 2.45) is 5.41 Å². The number of halogens is 8. The highest BCUT2D eigenvalue weighted by molar-refractivity contribution is 5.45. The summed E-state index contributed by atoms with van der Waals surface area (Å²) in [5, 5.41) is 30.5. The Hall–Kier alpha value is -3.33. The van der Waals surface area contributed by atoms with Gasteiger partial charge in [0.05, 0.1) is 6.54 Å². The molecule has 3 fully saturated rings. The smallest absolute Gasteiger partial charge is 0.417 e. The molecule has 7 nitrogen and oxygen atoms in total. The van der Waals surface area contributed by atoms with E-state index >= 15 is 8.78 Å². The predicted molar refractivity (Wildman–Crippen MR) is 115 cm³/mol. The minimum absolute atomic E-state index is 0.222. The minimum Gasteiger partial charge on any atom is -0.487 e. The Morgan fingerprint density at radius 3 is 2.23 bits per heavy atom. The summed E-state index contributed by atoms with van der Waals surface area (Å²) in [6.45, 7) is -2.19. The molecule has 2 aromatic carbocycles. The van der Waals surface area contributed by atoms with Crippen molar-refractivity contribution in [2.75, 3.05) is 6.61 Å². The van der Waals surface area contributed by atoms with Crippen LogP contribution >= 0.6 is 0 Å². The number of aliphatic hydroxyl groups excluding tert-OH is 1. The van der Waals surface area contributed by atoms with Crippen LogP contribution in [0.3, 0.4) is 0 Å². The first-order chi connectivity index (χ1) is 18.1. The first-order valence-corrected chi connectivity index (χ1v) is 11.6. The number of hydrogen-bond donors (Lipinski definition) is 2. The molecule has 0 unspecified atom stereocenters. The van der Waals surface area contributed by atoms with Crippen LogP contribution in [0.5, 0.6) is 5.75 Å². The van der Waals surface area contributed by atoms with E-state index in [1.807, 2.05) is 0 Å². The van der Waals surface area contributed by atoms with Crippen LogP contribution in [0.25, 0.3) is 0 Å². The van der Waals surface area contributed by atoms with Crippen LogP contribution < -0.4 is 4.74 Å². The van der Waals surface area contributed by atoms with Gasteiger partial charge in [-0.25, -0.2) is 26.6 Å². The zero-order chi connectivity index (χ0) is 28.4. The molecular weight excluding hydrogens is 544 g/mol. The van der Waals surface area contributed by atoms with Gasteiger partial charge in [0.15, 0.2) is 23.3 Å². The minimum atomic E-state index is -4.95. The van der Waals surface area contributed by atoms with Gasteiger partial charge < -0.3 is 14.9 Å². The number of hydrogen-bond acceptors (Lipinski definition) is 6. The van der Waals surface area contributed by atoms with E-state index in [0.29, 0.717) is 11.6 Å². The zero-order valence-corrected chi connectivity index (χ0v) is 19.8. The fourth-order valence-corrected chi connectivity index (χ4v) is 5.74. The highest BCUT2D eigenvalue weighted by atomic mass is 19.4. The summed E-state index contributed by atoms with van der Waals surface area (Å²) in [7, 11) is 0. The molecule has 2 N–H and O–H groups in total. The Bertz CT molecular complexity index is 1360. The molecular formula is C24H20F8N4O3. The summed E-state index contributed by atoms with van der Waals surface area (Å²) in [6.07, 6.45) is -7.49. The normalized spacial score (nSPS) is 24.9. The van der Waals surface area contributed by atoms with Crippen molar-refractivity contribution in [1.29, 1.82) is 0 Å². The lowest BCUT2D eigenvalue weighted by atomic mass is 9.30. The summed E-state index contributed by atoms with van der Waals surface area (Å²) in [5.41, 5.74) is -6.48. The average Bonchev–Trinajstić information content (AvgIpc) is 3.28. The molecule has 0 aliphatic heterocycles. The number of tetrazole rings is 1. The lowest BCUT2D eigenvalue weighted by Gasteiger charge is -2.74. The van der Waals surface area contributed by atoms with Crippen molar-refractivity contribution >= 4 is 0 Å². The zero-order valence-electron chi connectivity index (χ0n) is 19.8. The number of aliphatic hydroxyl groups is 2. The van der Waals surface area contributed by atoms with E-state index in [9.17, 15) is 31.4 Å². The molecule has 1 heterocycles. The van der Waals surface area contributed by atoms with Gasteiger partial charge in [-0.05, 0) is 64.9 Å². The Morgan fingerprint density at radius 2 is 1.67 bits per heavy atom. The lowest BCUT2D eigenvalue weighted by Crippen LogP contribution is -2.76. The first kappa shape index (κ1) is 27.2. The number of benzene rings is 2. The lowest BCUT2D eigenvalue weighted by molar-refractivity contribution is -0.347. The molecule has 0 amide bonds. The van der Waals surface area contributed by atoms with Crippen LogP contribution in [0.4, 0.5) is 35.1 Å². The molecule has 2 bridgehead atoms. The molecule has 3 aliphatic carbocycles. The summed E-state index contributed by atoms with van der Waals surface area (Å²) in [6, 6.07) is 5.17. The van der Waals surface area contributed by atoms with E-state index in [1.54, 1.807) is 0 Å². The highest BCUT2D eigenvalue weighted by Crippen LogP contribution is 2.80. The van der Waals surface area contributed by atoms with E-state index in [4.69, 9.17) is 9.84 Å². The largest absolute Gasteiger partial charge is 0.487 e. The summed E-state index contributed by atoms with van der Waals surface area (Å²) in [4.78, 5) is 0. The highest BCUT2D eigenvalue weighted by Gasteiger charge is 2.82. The van der Waals surface area contributed by atoms with E-state index in [-0.39, 0.29) is 19.3 Å². The predicted octanol–water partition coefficient (Wildman–Crippen LogP) is 4.04. The maximum Gasteiger partial charge on any atom is 0.417 e. The van der Waals surface area contributed by atoms with Gasteiger partial charge in [-0.2, -0.15) is 13.2 Å². The van der Waals surface area contributed by atoms with Crippen LogP contribution in [0.2, 0.25) is 0 Å². The maximum absolute atomic E-state index is 16.2. The number of alkyl halides is 5. The molecule has 1 aromatic heterocycles. The van der Waals surface area contributed by atoms with Crippen molar-refractivity contribution in [3.8, 4) is 5.75 Å². The van der Waals surface area contributed by atoms with E-state index < -0.39 is 76.6 Å². The Morgan fingerprint density at radius 1 is 0.974 bits per heavy atom. The fraction of sp³-hybridized carbons (Fsp3) is 0.458. The van der Waals surface area contributed by atoms with Crippen LogP contribution in [-0.4, -0.2) is 55.2 Å². The van der Waals surface area contributed by atoms with E-state index in [0.717, 1.165) is 35.3 Å². The van der Waals surface area contributed by atoms with E-state index in [1.165, 1.54) is 6.07 Å². The number of nitrogens with zero attached hydrogens (tertiary/aromatic N) is 4. The van der Waals surface area contributed by atoms with Gasteiger partial charge in [-0.3, -0.25) is 0 Å². The topological polar surface area (TPSA) is 93.3 Å². The third kappa shape index (κ3) is 4.22. The molecule has 3 saturated carbocycles. The molecule has 15 heteroatoms. The second kappa shape index (κ2) is 8.84. The van der Waals surface area contributed by atoms with Gasteiger partial charge in [0.25, 0.3) is 5.92 Å². The SMILES string of the molecule is O[C@H](COc1ccc(C23CC(C(F)(F)[C@](O)(Cn4cnnn4)c4ccc(F)cc4F)(C2)C3)cc1F)C(F)(F)F. The number of aromatic nitrogens is 4. The average molecular weight is 564 g/mol. The molecule has 210 valence electrons. The Labute approximate surface area is 215 Å². The molecule has 0 saturated heterocycles. The summed E-state index contributed by atoms with van der Waals surface area (Å²) < 4.78 is 118. The number of rotatable bonds is 9. The van der Waals surface area contributed by atoms with Crippen molar-refractivity contribution in [3.05, 3.63) is 71.3 Å². The third-order valence-electron chi connectivity index (χ3n) is 7.69. The molecule has 0 spiro atoms. The standard InChI is InChI=1S/C24H20F8N4O3/c25-14-2-3-15(16(26)6-14)22(38,11-36-12-33-34-35-36)24(31,32)21-8-20(9-21,10-21)13-1-4-18(17(27)5-13)39-7-19(37)23(28,29)30/h1-6,12,19,37-38H,7-11H2/t19-,20?,21?,22+/m1/s1. The summed E-state index contributed by atoms with van der Waals surface area (Å²) in [5.74, 6) is -8.01. The molecule has 3 aromatic rings. The second-order valence-electron chi connectivity index (χ2n) is 10.2. The van der Waals surface area contributed by atoms with Gasteiger partial charge >= 0.3 is 6.18 Å². The van der Waals surface area contributed by atoms with Gasteiger partial charge in [-0.15, -0.1) is 5.10 Å². The van der Waals surface area contributed by atoms with Crippen LogP contribution in [-0.2, 0) is 17.6 Å². The maximum atomic E-state index is 16.2. The second-order valence-corrected chi connectivity index (χ2v) is 10.2. The quantitative estimate of drug-likeness (QED) is 0.382. The van der Waals surface area contributed by atoms with Crippen molar-refractivity contribution in [1.82, 2.24) is 20.2 Å². The van der Waals surface area contributed by atoms with Gasteiger partial charge in [0.1, 0.15) is 24.6 Å². The van der Waals surface area contributed by atoms with Gasteiger partial charge in [0, 0.05) is 17.0 Å². The van der Waals surface area contributed by atoms with Crippen molar-refractivity contribution < 1.29 is 50.1 Å². The van der Waals surface area contributed by atoms with Gasteiger partial charge in [0.2, 0.25) is 0 Å². The number of ether oxygens (including phenoxy) is 1. The molecule has 0 radical (unpaired) electrons. The van der Waals surface area contributed by atoms with Crippen LogP contribution in [0.15, 0.2) is 42.7 Å². The Balaban J connectivity index is 1.38. The monoisotopic (exact) mass is 564 g/mol. The van der Waals surface area contributed by atoms with Gasteiger partial charge in [-0.1, -0.05) is 6.07 Å². The van der Waals surface area contributed by atoms with Crippen LogP contribution in [0, 0.1) is 22.9 Å². The van der Waals surface area contributed by atoms with Crippen LogP contribution in [0.1, 0.15) is 30.4 Å².